The van der Waals surface area contributed by atoms with Crippen molar-refractivity contribution >= 4 is 5.97 Å². The van der Waals surface area contributed by atoms with Gasteiger partial charge in [0, 0.05) is 6.54 Å². The molecule has 1 saturated heterocycles. The summed E-state index contributed by atoms with van der Waals surface area (Å²) in [5.74, 6) is 0.665. The largest absolute Gasteiger partial charge is 0.480 e. The van der Waals surface area contributed by atoms with Gasteiger partial charge >= 0.3 is 5.97 Å². The molecule has 0 amide bonds. The fourth-order valence-corrected chi connectivity index (χ4v) is 3.18. The molecule has 18 heavy (non-hydrogen) atoms. The zero-order valence-electron chi connectivity index (χ0n) is 10.5. The minimum atomic E-state index is -0.649. The second-order valence-electron chi connectivity index (χ2n) is 5.50. The van der Waals surface area contributed by atoms with E-state index in [1.54, 1.807) is 0 Å². The van der Waals surface area contributed by atoms with Gasteiger partial charge in [0.05, 0.1) is 0 Å². The van der Waals surface area contributed by atoms with Crippen LogP contribution in [0.15, 0.2) is 30.3 Å². The fraction of sp³-hybridized carbons (Fsp3) is 0.533. The lowest BCUT2D eigenvalue weighted by atomic mass is 10.1. The SMILES string of the molecule is O=C(O)[C@H]1CCCN1C[C@@H]1C[C@H]1c1ccccc1. The molecule has 0 bridgehead atoms. The molecule has 2 fully saturated rings. The van der Waals surface area contributed by atoms with Crippen LogP contribution in [0.3, 0.4) is 0 Å². The number of benzene rings is 1. The van der Waals surface area contributed by atoms with E-state index in [-0.39, 0.29) is 6.04 Å². The first-order valence-corrected chi connectivity index (χ1v) is 6.77. The highest BCUT2D eigenvalue weighted by atomic mass is 16.4. The first-order chi connectivity index (χ1) is 8.75. The van der Waals surface area contributed by atoms with Crippen LogP contribution in [-0.4, -0.2) is 35.1 Å². The summed E-state index contributed by atoms with van der Waals surface area (Å²) in [7, 11) is 0. The number of hydrogen-bond acceptors (Lipinski definition) is 2. The Balaban J connectivity index is 1.58. The Hall–Kier alpha value is -1.35. The van der Waals surface area contributed by atoms with Gasteiger partial charge in [-0.15, -0.1) is 0 Å². The first-order valence-electron chi connectivity index (χ1n) is 6.77. The van der Waals surface area contributed by atoms with Crippen molar-refractivity contribution in [3.63, 3.8) is 0 Å². The van der Waals surface area contributed by atoms with Crippen LogP contribution >= 0.6 is 0 Å². The van der Waals surface area contributed by atoms with E-state index in [0.29, 0.717) is 11.8 Å². The van der Waals surface area contributed by atoms with Crippen molar-refractivity contribution in [1.82, 2.24) is 4.90 Å². The Morgan fingerprint density at radius 1 is 1.33 bits per heavy atom. The van der Waals surface area contributed by atoms with Gasteiger partial charge in [-0.25, -0.2) is 0 Å². The summed E-state index contributed by atoms with van der Waals surface area (Å²) in [4.78, 5) is 13.3. The quantitative estimate of drug-likeness (QED) is 0.885. The van der Waals surface area contributed by atoms with Gasteiger partial charge in [-0.1, -0.05) is 30.3 Å². The van der Waals surface area contributed by atoms with Crippen molar-refractivity contribution in [3.05, 3.63) is 35.9 Å². The molecule has 2 aliphatic rings. The van der Waals surface area contributed by atoms with Crippen LogP contribution in [0.2, 0.25) is 0 Å². The van der Waals surface area contributed by atoms with Crippen LogP contribution < -0.4 is 0 Å². The minimum absolute atomic E-state index is 0.234. The summed E-state index contributed by atoms with van der Waals surface area (Å²) in [5, 5.41) is 9.16. The summed E-state index contributed by atoms with van der Waals surface area (Å²) >= 11 is 0. The Morgan fingerprint density at radius 3 is 2.83 bits per heavy atom. The summed E-state index contributed by atoms with van der Waals surface area (Å²) < 4.78 is 0. The van der Waals surface area contributed by atoms with E-state index in [9.17, 15) is 4.79 Å². The van der Waals surface area contributed by atoms with Crippen molar-refractivity contribution in [2.24, 2.45) is 5.92 Å². The van der Waals surface area contributed by atoms with Crippen LogP contribution in [0.1, 0.15) is 30.7 Å². The highest BCUT2D eigenvalue weighted by Gasteiger charge is 2.42. The third-order valence-electron chi connectivity index (χ3n) is 4.27. The van der Waals surface area contributed by atoms with Gasteiger partial charge in [0.1, 0.15) is 6.04 Å². The molecule has 3 heteroatoms. The van der Waals surface area contributed by atoms with Crippen LogP contribution in [0.25, 0.3) is 0 Å². The van der Waals surface area contributed by atoms with Crippen molar-refractivity contribution in [3.8, 4) is 0 Å². The Labute approximate surface area is 107 Å². The third-order valence-corrected chi connectivity index (χ3v) is 4.27. The van der Waals surface area contributed by atoms with Crippen molar-refractivity contribution in [2.45, 2.75) is 31.2 Å². The van der Waals surface area contributed by atoms with Crippen LogP contribution in [-0.2, 0) is 4.79 Å². The van der Waals surface area contributed by atoms with Crippen LogP contribution in [0.4, 0.5) is 0 Å². The fourth-order valence-electron chi connectivity index (χ4n) is 3.18. The molecule has 1 aliphatic heterocycles. The molecule has 0 spiro atoms. The average molecular weight is 245 g/mol. The van der Waals surface area contributed by atoms with E-state index < -0.39 is 5.97 Å². The lowest BCUT2D eigenvalue weighted by Crippen LogP contribution is -2.37. The van der Waals surface area contributed by atoms with Gasteiger partial charge < -0.3 is 5.11 Å². The Morgan fingerprint density at radius 2 is 2.11 bits per heavy atom. The lowest BCUT2D eigenvalue weighted by molar-refractivity contribution is -0.142. The summed E-state index contributed by atoms with van der Waals surface area (Å²) in [6.45, 7) is 1.91. The van der Waals surface area contributed by atoms with Crippen molar-refractivity contribution < 1.29 is 9.90 Å². The van der Waals surface area contributed by atoms with E-state index >= 15 is 0 Å². The standard InChI is InChI=1S/C15H19NO2/c17-15(18)14-7-4-8-16(14)10-12-9-13(12)11-5-2-1-3-6-11/h1-3,5-6,12-14H,4,7-10H2,(H,17,18)/t12-,13-,14+/m0/s1. The second kappa shape index (κ2) is 4.73. The van der Waals surface area contributed by atoms with Crippen molar-refractivity contribution in [2.75, 3.05) is 13.1 Å². The van der Waals surface area contributed by atoms with Gasteiger partial charge in [0.2, 0.25) is 0 Å². The Kier molecular flexibility index (Phi) is 3.08. The molecule has 1 saturated carbocycles. The number of carbonyl (C=O) groups is 1. The first kappa shape index (κ1) is 11.7. The molecular formula is C15H19NO2. The number of carboxylic acids is 1. The zero-order valence-corrected chi connectivity index (χ0v) is 10.5. The number of aliphatic carboxylic acids is 1. The van der Waals surface area contributed by atoms with E-state index in [2.05, 4.69) is 29.2 Å². The molecule has 3 atom stereocenters. The number of likely N-dealkylation sites (tertiary alicyclic amines) is 1. The summed E-state index contributed by atoms with van der Waals surface area (Å²) in [6, 6.07) is 10.3. The van der Waals surface area contributed by atoms with E-state index in [0.717, 1.165) is 25.9 Å². The topological polar surface area (TPSA) is 40.5 Å². The normalized spacial score (nSPS) is 31.4. The molecule has 3 nitrogen and oxygen atoms in total. The molecule has 0 aromatic heterocycles. The molecule has 1 aliphatic carbocycles. The molecule has 0 unspecified atom stereocenters. The maximum atomic E-state index is 11.1. The van der Waals surface area contributed by atoms with Gasteiger partial charge in [0.15, 0.2) is 0 Å². The molecular weight excluding hydrogens is 226 g/mol. The van der Waals surface area contributed by atoms with E-state index in [4.69, 9.17) is 5.11 Å². The van der Waals surface area contributed by atoms with Crippen LogP contribution in [0, 0.1) is 5.92 Å². The summed E-state index contributed by atoms with van der Waals surface area (Å²) in [5.41, 5.74) is 1.41. The average Bonchev–Trinajstić information content (AvgIpc) is 2.97. The van der Waals surface area contributed by atoms with E-state index in [1.165, 1.54) is 12.0 Å². The second-order valence-corrected chi connectivity index (χ2v) is 5.50. The molecule has 1 aromatic carbocycles. The molecule has 0 radical (unpaired) electrons. The smallest absolute Gasteiger partial charge is 0.320 e. The predicted octanol–water partition coefficient (Wildman–Crippen LogP) is 2.34. The van der Waals surface area contributed by atoms with Gasteiger partial charge in [-0.3, -0.25) is 9.69 Å². The van der Waals surface area contributed by atoms with Gasteiger partial charge in [-0.2, -0.15) is 0 Å². The highest BCUT2D eigenvalue weighted by molar-refractivity contribution is 5.73. The van der Waals surface area contributed by atoms with Gasteiger partial charge in [0.25, 0.3) is 0 Å². The molecule has 1 heterocycles. The maximum absolute atomic E-state index is 11.1. The number of carboxylic acid groups (broad SMARTS) is 1. The maximum Gasteiger partial charge on any atom is 0.320 e. The summed E-state index contributed by atoms with van der Waals surface area (Å²) in [6.07, 6.45) is 3.06. The van der Waals surface area contributed by atoms with Crippen molar-refractivity contribution in [1.29, 1.82) is 0 Å². The molecule has 3 rings (SSSR count). The molecule has 1 aromatic rings. The predicted molar refractivity (Wildman–Crippen MR) is 69.5 cm³/mol. The van der Waals surface area contributed by atoms with E-state index in [1.807, 2.05) is 6.07 Å². The zero-order chi connectivity index (χ0) is 12.5. The number of nitrogens with zero attached hydrogens (tertiary/aromatic N) is 1. The monoisotopic (exact) mass is 245 g/mol. The number of hydrogen-bond donors (Lipinski definition) is 1. The lowest BCUT2D eigenvalue weighted by Gasteiger charge is -2.20. The number of rotatable bonds is 4. The third kappa shape index (κ3) is 2.27. The van der Waals surface area contributed by atoms with Crippen LogP contribution in [0.5, 0.6) is 0 Å². The Bertz CT molecular complexity index is 431. The highest BCUT2D eigenvalue weighted by Crippen LogP contribution is 2.48. The minimum Gasteiger partial charge on any atom is -0.480 e. The molecule has 96 valence electrons. The molecule has 1 N–H and O–H groups in total. The van der Waals surface area contributed by atoms with Gasteiger partial charge in [-0.05, 0) is 43.2 Å².